The van der Waals surface area contributed by atoms with Crippen LogP contribution in [0.4, 0.5) is 0 Å². The Morgan fingerprint density at radius 1 is 0.944 bits per heavy atom. The summed E-state index contributed by atoms with van der Waals surface area (Å²) in [5.41, 5.74) is 0. The molecule has 0 aromatic rings. The van der Waals surface area contributed by atoms with Crippen LogP contribution in [0.15, 0.2) is 0 Å². The number of unbranched alkanes of at least 4 members (excludes halogenated alkanes) is 6. The van der Waals surface area contributed by atoms with E-state index in [-0.39, 0.29) is 0 Å². The second-order valence-electron chi connectivity index (χ2n) is 5.67. The lowest BCUT2D eigenvalue weighted by Crippen LogP contribution is -2.34. The second kappa shape index (κ2) is 12.3. The molecule has 0 amide bonds. The molecule has 0 saturated carbocycles. The Balaban J connectivity index is 1.73. The molecular formula is C16H33NS. The van der Waals surface area contributed by atoms with Gasteiger partial charge in [0.1, 0.15) is 0 Å². The fourth-order valence-corrected chi connectivity index (χ4v) is 3.72. The highest BCUT2D eigenvalue weighted by molar-refractivity contribution is 7.99. The quantitative estimate of drug-likeness (QED) is 0.531. The molecule has 1 fully saturated rings. The summed E-state index contributed by atoms with van der Waals surface area (Å²) in [6, 6.07) is 0.834. The highest BCUT2D eigenvalue weighted by atomic mass is 32.2. The van der Waals surface area contributed by atoms with Crippen molar-refractivity contribution in [2.75, 3.05) is 18.1 Å². The molecule has 0 aromatic carbocycles. The summed E-state index contributed by atoms with van der Waals surface area (Å²) in [6.45, 7) is 3.55. The van der Waals surface area contributed by atoms with Crippen LogP contribution >= 0.6 is 11.8 Å². The molecule has 1 N–H and O–H groups in total. The molecule has 1 heterocycles. The molecule has 18 heavy (non-hydrogen) atoms. The predicted octanol–water partition coefficient (Wildman–Crippen LogP) is 5.00. The summed E-state index contributed by atoms with van der Waals surface area (Å²) in [5, 5.41) is 3.64. The van der Waals surface area contributed by atoms with Crippen LogP contribution in [0.1, 0.15) is 77.6 Å². The van der Waals surface area contributed by atoms with E-state index >= 15 is 0 Å². The van der Waals surface area contributed by atoms with Gasteiger partial charge in [-0.1, -0.05) is 51.9 Å². The number of hydrogen-bond acceptors (Lipinski definition) is 2. The van der Waals surface area contributed by atoms with Crippen molar-refractivity contribution in [3.63, 3.8) is 0 Å². The summed E-state index contributed by atoms with van der Waals surface area (Å²) in [7, 11) is 0. The van der Waals surface area contributed by atoms with Crippen molar-refractivity contribution < 1.29 is 0 Å². The standard InChI is InChI=1S/C16H33NS/c1-2-3-4-5-6-7-10-14-18-15-12-16-11-8-9-13-17-16/h16-17H,2-15H2,1H3. The third kappa shape index (κ3) is 9.27. The van der Waals surface area contributed by atoms with E-state index in [2.05, 4.69) is 24.0 Å². The van der Waals surface area contributed by atoms with E-state index in [0.29, 0.717) is 0 Å². The van der Waals surface area contributed by atoms with Crippen molar-refractivity contribution in [3.8, 4) is 0 Å². The number of hydrogen-bond donors (Lipinski definition) is 1. The van der Waals surface area contributed by atoms with Crippen molar-refractivity contribution in [2.24, 2.45) is 0 Å². The Kier molecular flexibility index (Phi) is 11.2. The molecule has 0 radical (unpaired) electrons. The third-order valence-electron chi connectivity index (χ3n) is 3.92. The summed E-state index contributed by atoms with van der Waals surface area (Å²) in [6.07, 6.45) is 15.7. The van der Waals surface area contributed by atoms with Crippen LogP contribution in [0.25, 0.3) is 0 Å². The van der Waals surface area contributed by atoms with Gasteiger partial charge >= 0.3 is 0 Å². The normalized spacial score (nSPS) is 20.2. The van der Waals surface area contributed by atoms with Crippen molar-refractivity contribution in [1.82, 2.24) is 5.32 Å². The molecular weight excluding hydrogens is 238 g/mol. The molecule has 2 heteroatoms. The number of rotatable bonds is 11. The van der Waals surface area contributed by atoms with Crippen LogP contribution < -0.4 is 5.32 Å². The molecule has 0 spiro atoms. The van der Waals surface area contributed by atoms with E-state index in [0.717, 1.165) is 6.04 Å². The van der Waals surface area contributed by atoms with Crippen LogP contribution in [0.3, 0.4) is 0 Å². The van der Waals surface area contributed by atoms with E-state index in [4.69, 9.17) is 0 Å². The highest BCUT2D eigenvalue weighted by Crippen LogP contribution is 2.15. The van der Waals surface area contributed by atoms with E-state index in [1.807, 2.05) is 0 Å². The minimum Gasteiger partial charge on any atom is -0.314 e. The molecule has 1 rings (SSSR count). The predicted molar refractivity (Wildman–Crippen MR) is 85.6 cm³/mol. The van der Waals surface area contributed by atoms with Crippen molar-refractivity contribution in [1.29, 1.82) is 0 Å². The zero-order chi connectivity index (χ0) is 12.9. The molecule has 1 nitrogen and oxygen atoms in total. The molecule has 108 valence electrons. The lowest BCUT2D eigenvalue weighted by molar-refractivity contribution is 0.394. The van der Waals surface area contributed by atoms with E-state index in [9.17, 15) is 0 Å². The maximum Gasteiger partial charge on any atom is 0.00749 e. The lowest BCUT2D eigenvalue weighted by Gasteiger charge is -2.23. The van der Waals surface area contributed by atoms with Crippen molar-refractivity contribution in [2.45, 2.75) is 83.6 Å². The Bertz CT molecular complexity index is 166. The third-order valence-corrected chi connectivity index (χ3v) is 5.02. The first-order valence-corrected chi connectivity index (χ1v) is 9.40. The van der Waals surface area contributed by atoms with Gasteiger partial charge < -0.3 is 5.32 Å². The molecule has 1 atom stereocenters. The van der Waals surface area contributed by atoms with Gasteiger partial charge in [0.2, 0.25) is 0 Å². The topological polar surface area (TPSA) is 12.0 Å². The Morgan fingerprint density at radius 2 is 1.72 bits per heavy atom. The maximum absolute atomic E-state index is 3.64. The van der Waals surface area contributed by atoms with Crippen LogP contribution in [-0.4, -0.2) is 24.1 Å². The summed E-state index contributed by atoms with van der Waals surface area (Å²) >= 11 is 2.18. The smallest absolute Gasteiger partial charge is 0.00749 e. The number of piperidine rings is 1. The van der Waals surface area contributed by atoms with Crippen LogP contribution in [0.5, 0.6) is 0 Å². The van der Waals surface area contributed by atoms with Crippen LogP contribution in [-0.2, 0) is 0 Å². The Hall–Kier alpha value is 0.310. The molecule has 1 aliphatic rings. The van der Waals surface area contributed by atoms with Crippen molar-refractivity contribution >= 4 is 11.8 Å². The SMILES string of the molecule is CCCCCCCCCSCCC1CCCCN1. The largest absolute Gasteiger partial charge is 0.314 e. The van der Waals surface area contributed by atoms with Gasteiger partial charge in [-0.3, -0.25) is 0 Å². The minimum atomic E-state index is 0.834. The molecule has 0 bridgehead atoms. The van der Waals surface area contributed by atoms with Crippen LogP contribution in [0.2, 0.25) is 0 Å². The molecule has 1 aliphatic heterocycles. The van der Waals surface area contributed by atoms with Gasteiger partial charge in [-0.25, -0.2) is 0 Å². The number of nitrogens with one attached hydrogen (secondary N) is 1. The van der Waals surface area contributed by atoms with Gasteiger partial charge in [0, 0.05) is 6.04 Å². The van der Waals surface area contributed by atoms with Gasteiger partial charge in [-0.15, -0.1) is 0 Å². The van der Waals surface area contributed by atoms with Gasteiger partial charge in [0.05, 0.1) is 0 Å². The van der Waals surface area contributed by atoms with Gasteiger partial charge in [-0.05, 0) is 43.7 Å². The van der Waals surface area contributed by atoms with E-state index < -0.39 is 0 Å². The molecule has 1 unspecified atom stereocenters. The Morgan fingerprint density at radius 3 is 2.44 bits per heavy atom. The fourth-order valence-electron chi connectivity index (χ4n) is 2.66. The molecule has 1 saturated heterocycles. The average molecular weight is 272 g/mol. The summed E-state index contributed by atoms with van der Waals surface area (Å²) in [5.74, 6) is 2.76. The van der Waals surface area contributed by atoms with E-state index in [1.54, 1.807) is 0 Å². The highest BCUT2D eigenvalue weighted by Gasteiger charge is 2.11. The van der Waals surface area contributed by atoms with E-state index in [1.165, 1.54) is 88.7 Å². The van der Waals surface area contributed by atoms with Crippen molar-refractivity contribution in [3.05, 3.63) is 0 Å². The second-order valence-corrected chi connectivity index (χ2v) is 6.89. The lowest BCUT2D eigenvalue weighted by atomic mass is 10.0. The fraction of sp³-hybridized carbons (Fsp3) is 1.00. The van der Waals surface area contributed by atoms with Gasteiger partial charge in [-0.2, -0.15) is 11.8 Å². The average Bonchev–Trinajstić information content (AvgIpc) is 2.42. The zero-order valence-corrected chi connectivity index (χ0v) is 13.2. The first-order chi connectivity index (χ1) is 8.93. The van der Waals surface area contributed by atoms with Gasteiger partial charge in [0.25, 0.3) is 0 Å². The first kappa shape index (κ1) is 16.4. The summed E-state index contributed by atoms with van der Waals surface area (Å²) in [4.78, 5) is 0. The maximum atomic E-state index is 3.64. The minimum absolute atomic E-state index is 0.834. The first-order valence-electron chi connectivity index (χ1n) is 8.24. The monoisotopic (exact) mass is 271 g/mol. The number of thioether (sulfide) groups is 1. The molecule has 0 aromatic heterocycles. The van der Waals surface area contributed by atoms with Gasteiger partial charge in [0.15, 0.2) is 0 Å². The zero-order valence-electron chi connectivity index (χ0n) is 12.4. The van der Waals surface area contributed by atoms with Crippen LogP contribution in [0, 0.1) is 0 Å². The summed E-state index contributed by atoms with van der Waals surface area (Å²) < 4.78 is 0. The molecule has 0 aliphatic carbocycles. The Labute approximate surface area is 119 Å².